The van der Waals surface area contributed by atoms with Crippen molar-refractivity contribution >= 4 is 22.6 Å². The minimum Gasteiger partial charge on any atom is -0.457 e. The average Bonchev–Trinajstić information content (AvgIpc) is 3.40. The largest absolute Gasteiger partial charge is 0.457 e. The Labute approximate surface area is 227 Å². The third-order valence-corrected chi connectivity index (χ3v) is 17.0. The summed E-state index contributed by atoms with van der Waals surface area (Å²) in [5.41, 5.74) is -0.542. The number of esters is 1. The molecule has 38 heavy (non-hydrogen) atoms. The Kier molecular flexibility index (Phi) is 8.59. The Morgan fingerprint density at radius 2 is 1.66 bits per heavy atom. The summed E-state index contributed by atoms with van der Waals surface area (Å²) in [7, 11) is -4.53. The summed E-state index contributed by atoms with van der Waals surface area (Å²) in [5, 5.41) is 7.53. The molecule has 0 aliphatic carbocycles. The minimum atomic E-state index is -2.39. The van der Waals surface area contributed by atoms with Crippen molar-refractivity contribution in [3.8, 4) is 5.82 Å². The van der Waals surface area contributed by atoms with Crippen LogP contribution in [0.5, 0.6) is 0 Å². The highest BCUT2D eigenvalue weighted by molar-refractivity contribution is 6.74. The summed E-state index contributed by atoms with van der Waals surface area (Å²) < 4.78 is 28.4. The zero-order valence-electron chi connectivity index (χ0n) is 24.5. The van der Waals surface area contributed by atoms with Gasteiger partial charge in [-0.1, -0.05) is 46.8 Å². The summed E-state index contributed by atoms with van der Waals surface area (Å²) in [6.07, 6.45) is 1.71. The number of rotatable bonds is 8. The maximum absolute atomic E-state index is 13.2. The van der Waals surface area contributed by atoms with E-state index in [4.69, 9.17) is 18.3 Å². The van der Waals surface area contributed by atoms with Crippen molar-refractivity contribution in [1.82, 2.24) is 24.5 Å². The molecule has 0 N–H and O–H groups in total. The van der Waals surface area contributed by atoms with Gasteiger partial charge in [0.05, 0.1) is 19.0 Å². The van der Waals surface area contributed by atoms with Crippen LogP contribution in [-0.4, -0.2) is 72.1 Å². The third kappa shape index (κ3) is 6.50. The Morgan fingerprint density at radius 3 is 2.16 bits per heavy atom. The molecular formula is C25H43N5O6Si2. The van der Waals surface area contributed by atoms with Crippen molar-refractivity contribution in [1.29, 1.82) is 0 Å². The number of nitrogens with zero attached hydrogens (tertiary/aromatic N) is 5. The molecular weight excluding hydrogens is 522 g/mol. The van der Waals surface area contributed by atoms with Crippen LogP contribution in [-0.2, 0) is 23.1 Å². The van der Waals surface area contributed by atoms with Gasteiger partial charge in [0.25, 0.3) is 0 Å². The normalized spacial score (nSPS) is 23.0. The van der Waals surface area contributed by atoms with E-state index in [0.717, 1.165) is 0 Å². The predicted molar refractivity (Wildman–Crippen MR) is 148 cm³/mol. The van der Waals surface area contributed by atoms with Gasteiger partial charge >= 0.3 is 11.7 Å². The monoisotopic (exact) mass is 565 g/mol. The summed E-state index contributed by atoms with van der Waals surface area (Å²) in [5.74, 6) is -0.120. The van der Waals surface area contributed by atoms with E-state index in [0.29, 0.717) is 5.82 Å². The van der Waals surface area contributed by atoms with Crippen LogP contribution in [0, 0.1) is 0 Å². The molecule has 0 aromatic carbocycles. The van der Waals surface area contributed by atoms with Gasteiger partial charge in [-0.2, -0.15) is 4.98 Å². The van der Waals surface area contributed by atoms with Gasteiger partial charge in [0.2, 0.25) is 0 Å². The molecule has 1 fully saturated rings. The molecule has 0 radical (unpaired) electrons. The van der Waals surface area contributed by atoms with Gasteiger partial charge in [-0.3, -0.25) is 9.36 Å². The fourth-order valence-electron chi connectivity index (χ4n) is 3.60. The third-order valence-electron chi connectivity index (χ3n) is 7.99. The molecule has 0 bridgehead atoms. The van der Waals surface area contributed by atoms with Gasteiger partial charge < -0.3 is 18.3 Å². The maximum atomic E-state index is 13.2. The van der Waals surface area contributed by atoms with Crippen molar-refractivity contribution in [2.75, 3.05) is 6.61 Å². The lowest BCUT2D eigenvalue weighted by atomic mass is 10.1. The number of carbonyl (C=O) groups excluding carboxylic acids is 1. The van der Waals surface area contributed by atoms with Gasteiger partial charge in [0, 0.05) is 13.1 Å². The van der Waals surface area contributed by atoms with E-state index >= 15 is 0 Å². The molecule has 0 saturated carbocycles. The molecule has 4 atom stereocenters. The highest BCUT2D eigenvalue weighted by atomic mass is 28.4. The van der Waals surface area contributed by atoms with Gasteiger partial charge in [0.15, 0.2) is 34.8 Å². The molecule has 3 heterocycles. The molecule has 0 amide bonds. The first-order valence-corrected chi connectivity index (χ1v) is 18.8. The predicted octanol–water partition coefficient (Wildman–Crippen LogP) is 4.07. The van der Waals surface area contributed by atoms with Gasteiger partial charge in [-0.05, 0) is 42.3 Å². The van der Waals surface area contributed by atoms with Crippen LogP contribution in [0.2, 0.25) is 36.3 Å². The molecule has 1 aliphatic rings. The maximum Gasteiger partial charge on any atom is 0.351 e. The van der Waals surface area contributed by atoms with E-state index in [1.807, 2.05) is 0 Å². The Balaban J connectivity index is 2.03. The van der Waals surface area contributed by atoms with E-state index in [9.17, 15) is 9.59 Å². The van der Waals surface area contributed by atoms with Crippen LogP contribution in [0.4, 0.5) is 0 Å². The molecule has 11 nitrogen and oxygen atoms in total. The van der Waals surface area contributed by atoms with Crippen molar-refractivity contribution in [3.63, 3.8) is 0 Å². The lowest BCUT2D eigenvalue weighted by Gasteiger charge is -2.40. The standard InChI is InChI=1S/C25H43N5O6Si2/c1-17(31)34-20-18(16-33-37(8,9)24(2,3)4)35-22(21(20)36-38(10,11)25(5,6)7)29-14-12-19(27-23(29)32)30-15-13-26-28-30/h12-15,18,20-22H,16H2,1-11H3/t18-,20-,21-,22-/m1/s1. The number of hydrogen-bond donors (Lipinski definition) is 0. The molecule has 1 aliphatic heterocycles. The van der Waals surface area contributed by atoms with Gasteiger partial charge in [-0.25, -0.2) is 9.48 Å². The second kappa shape index (κ2) is 10.8. The Bertz CT molecular complexity index is 1170. The zero-order chi connectivity index (χ0) is 28.7. The molecule has 13 heteroatoms. The minimum absolute atomic E-state index is 0.0168. The number of aromatic nitrogens is 5. The van der Waals surface area contributed by atoms with Crippen LogP contribution in [0.1, 0.15) is 54.7 Å². The lowest BCUT2D eigenvalue weighted by molar-refractivity contribution is -0.153. The molecule has 0 spiro atoms. The number of carbonyl (C=O) groups is 1. The fraction of sp³-hybridized carbons (Fsp3) is 0.720. The van der Waals surface area contributed by atoms with Gasteiger partial charge in [0.1, 0.15) is 12.2 Å². The van der Waals surface area contributed by atoms with Crippen molar-refractivity contribution in [2.45, 2.75) is 109 Å². The van der Waals surface area contributed by atoms with Crippen molar-refractivity contribution in [2.24, 2.45) is 0 Å². The first-order valence-electron chi connectivity index (χ1n) is 12.9. The average molecular weight is 566 g/mol. The molecule has 0 unspecified atom stereocenters. The van der Waals surface area contributed by atoms with Crippen molar-refractivity contribution < 1.29 is 23.1 Å². The quantitative estimate of drug-likeness (QED) is 0.345. The molecule has 3 rings (SSSR count). The van der Waals surface area contributed by atoms with E-state index in [2.05, 4.69) is 83.0 Å². The van der Waals surface area contributed by atoms with Crippen LogP contribution >= 0.6 is 0 Å². The van der Waals surface area contributed by atoms with E-state index in [1.54, 1.807) is 18.5 Å². The second-order valence-electron chi connectivity index (χ2n) is 12.9. The second-order valence-corrected chi connectivity index (χ2v) is 22.4. The lowest BCUT2D eigenvalue weighted by Crippen LogP contribution is -2.51. The Morgan fingerprint density at radius 1 is 1.03 bits per heavy atom. The first-order chi connectivity index (χ1) is 17.3. The van der Waals surface area contributed by atoms with Gasteiger partial charge in [-0.15, -0.1) is 5.10 Å². The summed E-state index contributed by atoms with van der Waals surface area (Å²) in [6.45, 7) is 23.0. The Hall–Kier alpha value is -2.20. The topological polar surface area (TPSA) is 120 Å². The number of ether oxygens (including phenoxy) is 2. The fourth-order valence-corrected chi connectivity index (χ4v) is 5.90. The van der Waals surface area contributed by atoms with E-state index < -0.39 is 52.8 Å². The van der Waals surface area contributed by atoms with E-state index in [-0.39, 0.29) is 16.7 Å². The SMILES string of the molecule is CC(=O)O[C@H]1[C@@H](O[Si](C)(C)C(C)(C)C)[C@H](n2ccc(-n3ccnn3)nc2=O)O[C@@H]1CO[Si](C)(C)C(C)(C)C. The first kappa shape index (κ1) is 30.3. The van der Waals surface area contributed by atoms with Crippen molar-refractivity contribution in [3.05, 3.63) is 35.1 Å². The molecule has 212 valence electrons. The van der Waals surface area contributed by atoms with Crippen LogP contribution in [0.25, 0.3) is 5.82 Å². The van der Waals surface area contributed by atoms with Crippen LogP contribution < -0.4 is 5.69 Å². The smallest absolute Gasteiger partial charge is 0.351 e. The summed E-state index contributed by atoms with van der Waals surface area (Å²) in [6, 6.07) is 1.66. The highest BCUT2D eigenvalue weighted by Crippen LogP contribution is 2.43. The van der Waals surface area contributed by atoms with Crippen LogP contribution in [0.3, 0.4) is 0 Å². The summed E-state index contributed by atoms with van der Waals surface area (Å²) >= 11 is 0. The summed E-state index contributed by atoms with van der Waals surface area (Å²) in [4.78, 5) is 29.7. The number of hydrogen-bond acceptors (Lipinski definition) is 9. The van der Waals surface area contributed by atoms with E-state index in [1.165, 1.54) is 22.4 Å². The zero-order valence-corrected chi connectivity index (χ0v) is 26.5. The molecule has 2 aromatic rings. The molecule has 2 aromatic heterocycles. The van der Waals surface area contributed by atoms with Crippen LogP contribution in [0.15, 0.2) is 29.5 Å². The highest BCUT2D eigenvalue weighted by Gasteiger charge is 2.53. The molecule has 1 saturated heterocycles.